The SMILES string of the molecule is CCC(C)NC(=O)C(C)N(Cc1ccc(Cl)c(Cl)c1)C(=O)Cc1ccc(Cl)cc1Cl. The quantitative estimate of drug-likeness (QED) is 0.481. The van der Waals surface area contributed by atoms with Crippen LogP contribution >= 0.6 is 46.4 Å². The van der Waals surface area contributed by atoms with E-state index in [1.807, 2.05) is 13.8 Å². The highest BCUT2D eigenvalue weighted by Crippen LogP contribution is 2.25. The molecule has 0 heterocycles. The molecule has 2 amide bonds. The molecule has 0 aliphatic carbocycles. The number of nitrogens with zero attached hydrogens (tertiary/aromatic N) is 1. The van der Waals surface area contributed by atoms with E-state index in [0.717, 1.165) is 12.0 Å². The van der Waals surface area contributed by atoms with Crippen molar-refractivity contribution in [1.29, 1.82) is 0 Å². The van der Waals surface area contributed by atoms with Crippen molar-refractivity contribution in [3.63, 3.8) is 0 Å². The molecule has 0 aliphatic rings. The summed E-state index contributed by atoms with van der Waals surface area (Å²) in [7, 11) is 0. The molecule has 0 saturated heterocycles. The average molecular weight is 490 g/mol. The molecule has 0 aromatic heterocycles. The van der Waals surface area contributed by atoms with Gasteiger partial charge in [0.25, 0.3) is 0 Å². The van der Waals surface area contributed by atoms with Crippen LogP contribution in [-0.4, -0.2) is 28.8 Å². The Morgan fingerprint density at radius 1 is 0.967 bits per heavy atom. The molecule has 1 N–H and O–H groups in total. The Labute approximate surface area is 197 Å². The summed E-state index contributed by atoms with van der Waals surface area (Å²) in [6.45, 7) is 5.81. The maximum Gasteiger partial charge on any atom is 0.242 e. The van der Waals surface area contributed by atoms with E-state index in [1.165, 1.54) is 4.90 Å². The molecule has 2 aromatic carbocycles. The summed E-state index contributed by atoms with van der Waals surface area (Å²) in [5.41, 5.74) is 1.41. The number of hydrogen-bond acceptors (Lipinski definition) is 2. The standard InChI is InChI=1S/C22H24Cl4N2O2/c1-4-13(2)27-22(30)14(3)28(12-15-5-8-18(24)20(26)9-15)21(29)10-16-6-7-17(23)11-19(16)25/h5-9,11,13-14H,4,10,12H2,1-3H3,(H,27,30). The molecule has 2 atom stereocenters. The second kappa shape index (κ2) is 11.2. The molecule has 162 valence electrons. The Kier molecular flexibility index (Phi) is 9.30. The van der Waals surface area contributed by atoms with Gasteiger partial charge in [-0.1, -0.05) is 65.5 Å². The topological polar surface area (TPSA) is 49.4 Å². The number of carbonyl (C=O) groups is 2. The van der Waals surface area contributed by atoms with Crippen molar-refractivity contribution in [2.24, 2.45) is 0 Å². The first-order valence-electron chi connectivity index (χ1n) is 9.60. The molecule has 0 bridgehead atoms. The van der Waals surface area contributed by atoms with Crippen LogP contribution in [0.1, 0.15) is 38.3 Å². The van der Waals surface area contributed by atoms with Gasteiger partial charge in [-0.15, -0.1) is 0 Å². The van der Waals surface area contributed by atoms with Gasteiger partial charge < -0.3 is 10.2 Å². The molecule has 2 rings (SSSR count). The van der Waals surface area contributed by atoms with Crippen LogP contribution < -0.4 is 5.32 Å². The first-order chi connectivity index (χ1) is 14.1. The van der Waals surface area contributed by atoms with Gasteiger partial charge in [0.1, 0.15) is 6.04 Å². The third kappa shape index (κ3) is 6.78. The lowest BCUT2D eigenvalue weighted by Crippen LogP contribution is -2.49. The van der Waals surface area contributed by atoms with E-state index in [9.17, 15) is 9.59 Å². The molecular weight excluding hydrogens is 466 g/mol. The van der Waals surface area contributed by atoms with Gasteiger partial charge in [-0.3, -0.25) is 9.59 Å². The van der Waals surface area contributed by atoms with Crippen LogP contribution in [0.4, 0.5) is 0 Å². The van der Waals surface area contributed by atoms with Gasteiger partial charge >= 0.3 is 0 Å². The largest absolute Gasteiger partial charge is 0.352 e. The molecule has 4 nitrogen and oxygen atoms in total. The highest BCUT2D eigenvalue weighted by molar-refractivity contribution is 6.42. The van der Waals surface area contributed by atoms with E-state index in [4.69, 9.17) is 46.4 Å². The van der Waals surface area contributed by atoms with E-state index in [-0.39, 0.29) is 30.8 Å². The Hall–Kier alpha value is -1.46. The summed E-state index contributed by atoms with van der Waals surface area (Å²) < 4.78 is 0. The normalized spacial score (nSPS) is 12.9. The second-order valence-corrected chi connectivity index (χ2v) is 8.83. The molecule has 2 aromatic rings. The van der Waals surface area contributed by atoms with Crippen molar-refractivity contribution in [1.82, 2.24) is 10.2 Å². The number of carbonyl (C=O) groups excluding carboxylic acids is 2. The average Bonchev–Trinajstić information content (AvgIpc) is 2.70. The summed E-state index contributed by atoms with van der Waals surface area (Å²) in [4.78, 5) is 27.5. The number of rotatable bonds is 8. The van der Waals surface area contributed by atoms with Crippen LogP contribution in [-0.2, 0) is 22.6 Å². The second-order valence-electron chi connectivity index (χ2n) is 7.18. The summed E-state index contributed by atoms with van der Waals surface area (Å²) in [5, 5.41) is 4.64. The fourth-order valence-corrected chi connectivity index (χ4v) is 3.61. The van der Waals surface area contributed by atoms with Gasteiger partial charge in [-0.25, -0.2) is 0 Å². The van der Waals surface area contributed by atoms with E-state index < -0.39 is 6.04 Å². The fourth-order valence-electron chi connectivity index (χ4n) is 2.81. The van der Waals surface area contributed by atoms with Crippen LogP contribution in [0.25, 0.3) is 0 Å². The first-order valence-corrected chi connectivity index (χ1v) is 11.1. The highest BCUT2D eigenvalue weighted by Gasteiger charge is 2.27. The minimum atomic E-state index is -0.688. The van der Waals surface area contributed by atoms with Gasteiger partial charge in [0, 0.05) is 22.6 Å². The minimum Gasteiger partial charge on any atom is -0.352 e. The van der Waals surface area contributed by atoms with Crippen molar-refractivity contribution < 1.29 is 9.59 Å². The molecule has 30 heavy (non-hydrogen) atoms. The lowest BCUT2D eigenvalue weighted by Gasteiger charge is -2.30. The van der Waals surface area contributed by atoms with Crippen molar-refractivity contribution in [3.05, 3.63) is 67.6 Å². The molecule has 0 radical (unpaired) electrons. The van der Waals surface area contributed by atoms with E-state index >= 15 is 0 Å². The Bertz CT molecular complexity index is 920. The van der Waals surface area contributed by atoms with Crippen molar-refractivity contribution >= 4 is 58.2 Å². The van der Waals surface area contributed by atoms with Gasteiger partial charge in [0.05, 0.1) is 16.5 Å². The molecule has 2 unspecified atom stereocenters. The molecule has 0 spiro atoms. The lowest BCUT2D eigenvalue weighted by molar-refractivity contribution is -0.140. The Morgan fingerprint density at radius 3 is 2.27 bits per heavy atom. The van der Waals surface area contributed by atoms with E-state index in [0.29, 0.717) is 25.7 Å². The Morgan fingerprint density at radius 2 is 1.67 bits per heavy atom. The first kappa shape index (κ1) is 24.8. The minimum absolute atomic E-state index is 0.00703. The van der Waals surface area contributed by atoms with Crippen LogP contribution in [0.15, 0.2) is 36.4 Å². The number of hydrogen-bond donors (Lipinski definition) is 1. The molecule has 0 fully saturated rings. The van der Waals surface area contributed by atoms with E-state index in [1.54, 1.807) is 43.3 Å². The molecule has 0 saturated carbocycles. The van der Waals surface area contributed by atoms with Crippen LogP contribution in [0.2, 0.25) is 20.1 Å². The Balaban J connectivity index is 2.29. The van der Waals surface area contributed by atoms with Crippen LogP contribution in [0.5, 0.6) is 0 Å². The van der Waals surface area contributed by atoms with Crippen molar-refractivity contribution in [3.8, 4) is 0 Å². The monoisotopic (exact) mass is 488 g/mol. The maximum absolute atomic E-state index is 13.2. The van der Waals surface area contributed by atoms with Crippen molar-refractivity contribution in [2.75, 3.05) is 0 Å². The smallest absolute Gasteiger partial charge is 0.242 e. The lowest BCUT2D eigenvalue weighted by atomic mass is 10.1. The van der Waals surface area contributed by atoms with Gasteiger partial charge in [0.15, 0.2) is 0 Å². The third-order valence-corrected chi connectivity index (χ3v) is 6.19. The van der Waals surface area contributed by atoms with Gasteiger partial charge in [-0.05, 0) is 55.7 Å². The number of nitrogens with one attached hydrogen (secondary N) is 1. The highest BCUT2D eigenvalue weighted by atomic mass is 35.5. The summed E-state index contributed by atoms with van der Waals surface area (Å²) in [6.07, 6.45) is 0.831. The number of amides is 2. The summed E-state index contributed by atoms with van der Waals surface area (Å²) >= 11 is 24.3. The zero-order valence-corrected chi connectivity index (χ0v) is 20.0. The fraction of sp³-hybridized carbons (Fsp3) is 0.364. The number of benzene rings is 2. The predicted octanol–water partition coefficient (Wildman–Crippen LogP) is 6.17. The van der Waals surface area contributed by atoms with Crippen LogP contribution in [0, 0.1) is 0 Å². The zero-order chi connectivity index (χ0) is 22.4. The molecule has 0 aliphatic heterocycles. The third-order valence-electron chi connectivity index (χ3n) is 4.86. The molecular formula is C22H24Cl4N2O2. The number of halogens is 4. The van der Waals surface area contributed by atoms with E-state index in [2.05, 4.69) is 5.32 Å². The zero-order valence-electron chi connectivity index (χ0n) is 17.0. The van der Waals surface area contributed by atoms with Gasteiger partial charge in [-0.2, -0.15) is 0 Å². The summed E-state index contributed by atoms with van der Waals surface area (Å²) in [5.74, 6) is -0.461. The summed E-state index contributed by atoms with van der Waals surface area (Å²) in [6, 6.07) is 9.44. The van der Waals surface area contributed by atoms with Gasteiger partial charge in [0.2, 0.25) is 11.8 Å². The predicted molar refractivity (Wildman–Crippen MR) is 125 cm³/mol. The van der Waals surface area contributed by atoms with Crippen LogP contribution in [0.3, 0.4) is 0 Å². The maximum atomic E-state index is 13.2. The molecule has 8 heteroatoms. The van der Waals surface area contributed by atoms with Crippen molar-refractivity contribution in [2.45, 2.75) is 52.2 Å².